The molecule has 3 aliphatic heterocycles. The van der Waals surface area contributed by atoms with Crippen LogP contribution in [-0.2, 0) is 16.0 Å². The molecule has 294 valence electrons. The van der Waals surface area contributed by atoms with Crippen molar-refractivity contribution in [1.29, 1.82) is 0 Å². The molecule has 0 aliphatic carbocycles. The monoisotopic (exact) mass is 762 g/mol. The number of imidazole rings is 1. The summed E-state index contributed by atoms with van der Waals surface area (Å²) in [5, 5.41) is 17.8. The highest BCUT2D eigenvalue weighted by atomic mass is 16.2. The smallest absolute Gasteiger partial charge is 0.327 e. The first-order chi connectivity index (χ1) is 27.3. The molecule has 0 bridgehead atoms. The van der Waals surface area contributed by atoms with Crippen LogP contribution in [-0.4, -0.2) is 122 Å². The third-order valence-electron chi connectivity index (χ3n) is 11.7. The number of aromatic nitrogens is 6. The highest BCUT2D eigenvalue weighted by molar-refractivity contribution is 5.92. The first-order valence-corrected chi connectivity index (χ1v) is 19.8. The van der Waals surface area contributed by atoms with E-state index in [0.717, 1.165) is 59.2 Å². The van der Waals surface area contributed by atoms with Crippen LogP contribution >= 0.6 is 0 Å². The summed E-state index contributed by atoms with van der Waals surface area (Å²) in [6, 6.07) is 9.49. The fourth-order valence-electron chi connectivity index (χ4n) is 8.67. The van der Waals surface area contributed by atoms with Crippen molar-refractivity contribution in [3.05, 3.63) is 82.8 Å². The number of likely N-dealkylation sites (tertiary alicyclic amines) is 1. The molecule has 4 aromatic heterocycles. The number of aryl methyl sites for hydroxylation is 1. The van der Waals surface area contributed by atoms with E-state index in [-0.39, 0.29) is 36.0 Å². The Morgan fingerprint density at radius 2 is 1.66 bits per heavy atom. The lowest BCUT2D eigenvalue weighted by Gasteiger charge is -2.38. The summed E-state index contributed by atoms with van der Waals surface area (Å²) < 4.78 is 1.74. The number of hydrogen-bond donors (Lipinski definition) is 5. The van der Waals surface area contributed by atoms with E-state index in [0.29, 0.717) is 64.2 Å². The fourth-order valence-corrected chi connectivity index (χ4v) is 8.67. The number of carbonyl (C=O) groups is 3. The minimum absolute atomic E-state index is 0.0863. The highest BCUT2D eigenvalue weighted by Gasteiger charge is 2.35. The number of pyridine rings is 2. The van der Waals surface area contributed by atoms with Gasteiger partial charge in [0.2, 0.25) is 11.8 Å². The molecule has 7 heterocycles. The second kappa shape index (κ2) is 16.5. The van der Waals surface area contributed by atoms with Crippen LogP contribution in [0.25, 0.3) is 22.1 Å². The van der Waals surface area contributed by atoms with E-state index < -0.39 is 18.0 Å². The highest BCUT2D eigenvalue weighted by Crippen LogP contribution is 2.26. The topological polar surface area (TPSA) is 189 Å². The van der Waals surface area contributed by atoms with Gasteiger partial charge in [-0.2, -0.15) is 5.10 Å². The number of fused-ring (bicyclic) bond motifs is 2. The number of nitrogens with zero attached hydrogens (tertiary/aromatic N) is 7. The van der Waals surface area contributed by atoms with Crippen molar-refractivity contribution in [1.82, 2.24) is 55.5 Å². The molecule has 56 heavy (non-hydrogen) atoms. The second-order valence-electron chi connectivity index (χ2n) is 15.4. The predicted molar refractivity (Wildman–Crippen MR) is 212 cm³/mol. The van der Waals surface area contributed by atoms with Gasteiger partial charge in [0.25, 0.3) is 0 Å². The van der Waals surface area contributed by atoms with Crippen molar-refractivity contribution < 1.29 is 14.4 Å². The number of benzene rings is 1. The van der Waals surface area contributed by atoms with E-state index in [9.17, 15) is 19.2 Å². The Bertz CT molecular complexity index is 2210. The summed E-state index contributed by atoms with van der Waals surface area (Å²) in [4.78, 5) is 72.7. The van der Waals surface area contributed by atoms with Crippen LogP contribution in [0.3, 0.4) is 0 Å². The zero-order valence-electron chi connectivity index (χ0n) is 31.7. The fraction of sp³-hybridized carbons (Fsp3) is 0.475. The summed E-state index contributed by atoms with van der Waals surface area (Å²) in [5.41, 5.74) is 4.91. The lowest BCUT2D eigenvalue weighted by atomic mass is 9.90. The van der Waals surface area contributed by atoms with Gasteiger partial charge in [0.15, 0.2) is 5.65 Å². The molecule has 1 aromatic carbocycles. The molecule has 0 saturated carbocycles. The molecule has 0 unspecified atom stereocenters. The predicted octanol–water partition coefficient (Wildman–Crippen LogP) is 2.49. The van der Waals surface area contributed by atoms with Gasteiger partial charge < -0.3 is 30.7 Å². The van der Waals surface area contributed by atoms with Crippen molar-refractivity contribution in [3.63, 3.8) is 0 Å². The van der Waals surface area contributed by atoms with E-state index in [1.165, 1.54) is 0 Å². The molecule has 4 amide bonds. The van der Waals surface area contributed by atoms with Crippen LogP contribution in [0.1, 0.15) is 49.3 Å². The van der Waals surface area contributed by atoms with Gasteiger partial charge in [-0.15, -0.1) is 0 Å². The average Bonchev–Trinajstić information content (AvgIpc) is 3.85. The van der Waals surface area contributed by atoms with Crippen molar-refractivity contribution in [2.45, 2.75) is 63.6 Å². The van der Waals surface area contributed by atoms with Crippen LogP contribution in [0.4, 0.5) is 10.5 Å². The van der Waals surface area contributed by atoms with Gasteiger partial charge in [0, 0.05) is 81.4 Å². The van der Waals surface area contributed by atoms with Gasteiger partial charge in [-0.25, -0.2) is 14.6 Å². The molecule has 16 nitrogen and oxygen atoms in total. The number of piperidine rings is 2. The lowest BCUT2D eigenvalue weighted by molar-refractivity contribution is -0.137. The SMILES string of the molecule is Cc1cc(C[C@H](NC(=O)N2CCC(n3c(=O)[nH]c4ncccc43)CC2)C(=O)N[C@H](CC2CCNCC2)C(=O)N2CCN(c3ccncc3)CC2)cc2cn[nH]c12. The number of amides is 4. The molecule has 2 atom stereocenters. The minimum atomic E-state index is -0.946. The summed E-state index contributed by atoms with van der Waals surface area (Å²) >= 11 is 0. The largest absolute Gasteiger partial charge is 0.368 e. The van der Waals surface area contributed by atoms with Gasteiger partial charge in [0.05, 0.1) is 17.2 Å². The average molecular weight is 763 g/mol. The van der Waals surface area contributed by atoms with E-state index in [1.807, 2.05) is 42.2 Å². The van der Waals surface area contributed by atoms with Crippen molar-refractivity contribution in [3.8, 4) is 0 Å². The van der Waals surface area contributed by atoms with E-state index in [4.69, 9.17) is 0 Å². The van der Waals surface area contributed by atoms with Crippen LogP contribution in [0.2, 0.25) is 0 Å². The number of H-pyrrole nitrogens is 2. The zero-order chi connectivity index (χ0) is 38.6. The second-order valence-corrected chi connectivity index (χ2v) is 15.4. The van der Waals surface area contributed by atoms with Crippen LogP contribution in [0.5, 0.6) is 0 Å². The van der Waals surface area contributed by atoms with Crippen LogP contribution in [0.15, 0.2) is 66.0 Å². The molecule has 3 aliphatic rings. The van der Waals surface area contributed by atoms with E-state index >= 15 is 0 Å². The number of nitrogens with one attached hydrogen (secondary N) is 5. The van der Waals surface area contributed by atoms with Crippen molar-refractivity contribution in [2.24, 2.45) is 5.92 Å². The molecule has 16 heteroatoms. The number of piperazine rings is 1. The number of anilines is 1. The third kappa shape index (κ3) is 8.10. The first-order valence-electron chi connectivity index (χ1n) is 19.8. The maximum Gasteiger partial charge on any atom is 0.327 e. The van der Waals surface area contributed by atoms with Gasteiger partial charge in [0.1, 0.15) is 12.1 Å². The molecule has 5 aromatic rings. The molecule has 3 saturated heterocycles. The van der Waals surface area contributed by atoms with E-state index in [2.05, 4.69) is 46.0 Å². The van der Waals surface area contributed by atoms with Gasteiger partial charge >= 0.3 is 11.7 Å². The van der Waals surface area contributed by atoms with Crippen LogP contribution < -0.4 is 26.5 Å². The summed E-state index contributed by atoms with van der Waals surface area (Å²) in [5.74, 6) is -0.194. The molecule has 0 radical (unpaired) electrons. The molecule has 8 rings (SSSR count). The van der Waals surface area contributed by atoms with Crippen molar-refractivity contribution >= 4 is 45.6 Å². The number of aromatic amines is 2. The van der Waals surface area contributed by atoms with Gasteiger partial charge in [-0.05, 0) is 99.5 Å². The van der Waals surface area contributed by atoms with E-state index in [1.54, 1.807) is 40.3 Å². The summed E-state index contributed by atoms with van der Waals surface area (Å²) in [6.45, 7) is 7.00. The Kier molecular flexibility index (Phi) is 11.0. The third-order valence-corrected chi connectivity index (χ3v) is 11.7. The molecule has 3 fully saturated rings. The molecular formula is C40H50N12O4. The Hall–Kier alpha value is -5.77. The number of hydrogen-bond acceptors (Lipinski definition) is 9. The Labute approximate surface area is 324 Å². The van der Waals surface area contributed by atoms with Gasteiger partial charge in [-0.1, -0.05) is 6.07 Å². The summed E-state index contributed by atoms with van der Waals surface area (Å²) in [6.07, 6.45) is 10.7. The summed E-state index contributed by atoms with van der Waals surface area (Å²) in [7, 11) is 0. The van der Waals surface area contributed by atoms with Crippen LogP contribution in [0, 0.1) is 12.8 Å². The Balaban J connectivity index is 0.989. The standard InChI is InChI=1S/C40H50N12O4/c1-26-21-28(22-29-25-44-48-35(26)29)24-32(46-39(55)51-15-8-31(9-16-51)52-34-3-2-10-43-36(34)47-40(52)56)37(53)45-33(23-27-4-11-41-12-5-27)38(54)50-19-17-49(18-20-50)30-6-13-42-14-7-30/h2-3,6-7,10,13-14,21-22,25,27,31-33,41H,4-5,8-9,11-12,15-20,23-24H2,1H3,(H,44,48)(H,45,53)(H,46,55)(H,43,47,56)/t32-,33+/m0/s1. The minimum Gasteiger partial charge on any atom is -0.368 e. The maximum absolute atomic E-state index is 14.5. The number of carbonyl (C=O) groups excluding carboxylic acids is 3. The van der Waals surface area contributed by atoms with Crippen molar-refractivity contribution in [2.75, 3.05) is 57.3 Å². The molecular weight excluding hydrogens is 713 g/mol. The quantitative estimate of drug-likeness (QED) is 0.142. The zero-order valence-corrected chi connectivity index (χ0v) is 31.7. The maximum atomic E-state index is 14.5. The number of urea groups is 1. The Morgan fingerprint density at radius 3 is 2.43 bits per heavy atom. The lowest BCUT2D eigenvalue weighted by Crippen LogP contribution is -2.59. The molecule has 5 N–H and O–H groups in total. The Morgan fingerprint density at radius 1 is 0.893 bits per heavy atom. The van der Waals surface area contributed by atoms with Gasteiger partial charge in [-0.3, -0.25) is 29.2 Å². The normalized spacial score (nSPS) is 18.3. The number of rotatable bonds is 10. The molecule has 0 spiro atoms. The first kappa shape index (κ1) is 37.2.